The Morgan fingerprint density at radius 1 is 0.314 bits per heavy atom. The van der Waals surface area contributed by atoms with Gasteiger partial charge in [0, 0.05) is 19.3 Å². The van der Waals surface area contributed by atoms with Crippen molar-refractivity contribution in [1.82, 2.24) is 0 Å². The number of unbranched alkanes of at least 4 members (excludes halogenated alkanes) is 10. The van der Waals surface area contributed by atoms with Crippen LogP contribution in [-0.2, 0) is 28.6 Å². The van der Waals surface area contributed by atoms with E-state index in [9.17, 15) is 14.4 Å². The van der Waals surface area contributed by atoms with Gasteiger partial charge in [0.25, 0.3) is 0 Å². The molecule has 0 bridgehead atoms. The van der Waals surface area contributed by atoms with Gasteiger partial charge in [-0.15, -0.1) is 0 Å². The second-order valence-electron chi connectivity index (χ2n) is 16.8. The predicted molar refractivity (Wildman–Crippen MR) is 301 cm³/mol. The third kappa shape index (κ3) is 53.5. The van der Waals surface area contributed by atoms with Crippen LogP contribution in [0, 0.1) is 0 Å². The van der Waals surface area contributed by atoms with Crippen LogP contribution >= 0.6 is 0 Å². The van der Waals surface area contributed by atoms with Crippen LogP contribution in [0.5, 0.6) is 0 Å². The van der Waals surface area contributed by atoms with Crippen LogP contribution in [0.4, 0.5) is 0 Å². The zero-order valence-electron chi connectivity index (χ0n) is 43.9. The molecule has 1 unspecified atom stereocenters. The summed E-state index contributed by atoms with van der Waals surface area (Å²) >= 11 is 0. The van der Waals surface area contributed by atoms with Crippen molar-refractivity contribution in [1.29, 1.82) is 0 Å². The second kappa shape index (κ2) is 56.1. The van der Waals surface area contributed by atoms with Gasteiger partial charge in [0.15, 0.2) is 6.10 Å². The first-order chi connectivity index (χ1) is 34.5. The minimum atomic E-state index is -0.851. The Morgan fingerprint density at radius 2 is 0.643 bits per heavy atom. The number of esters is 3. The quantitative estimate of drug-likeness (QED) is 0.0199. The van der Waals surface area contributed by atoms with Crippen molar-refractivity contribution < 1.29 is 28.6 Å². The number of rotatable bonds is 45. The lowest BCUT2D eigenvalue weighted by Gasteiger charge is -2.18. The van der Waals surface area contributed by atoms with Crippen molar-refractivity contribution in [2.24, 2.45) is 0 Å². The maximum atomic E-state index is 12.8. The highest BCUT2D eigenvalue weighted by molar-refractivity contribution is 5.71. The fourth-order valence-corrected chi connectivity index (χ4v) is 6.35. The van der Waals surface area contributed by atoms with Gasteiger partial charge < -0.3 is 14.2 Å². The molecule has 0 aliphatic rings. The highest BCUT2D eigenvalue weighted by atomic mass is 16.6. The van der Waals surface area contributed by atoms with Gasteiger partial charge in [-0.1, -0.05) is 229 Å². The summed E-state index contributed by atoms with van der Waals surface area (Å²) in [7, 11) is 0. The molecule has 0 fully saturated rings. The van der Waals surface area contributed by atoms with Gasteiger partial charge in [0.05, 0.1) is 0 Å². The van der Waals surface area contributed by atoms with Gasteiger partial charge >= 0.3 is 17.9 Å². The summed E-state index contributed by atoms with van der Waals surface area (Å²) in [6, 6.07) is 0. The molecule has 0 rings (SSSR count). The number of allylic oxidation sites excluding steroid dienone is 30. The molecule has 0 aliphatic heterocycles. The fourth-order valence-electron chi connectivity index (χ4n) is 6.35. The minimum absolute atomic E-state index is 0.142. The molecule has 70 heavy (non-hydrogen) atoms. The molecule has 0 aromatic carbocycles. The van der Waals surface area contributed by atoms with E-state index in [1.165, 1.54) is 25.7 Å². The molecule has 0 radical (unpaired) electrons. The lowest BCUT2D eigenvalue weighted by atomic mass is 10.1. The van der Waals surface area contributed by atoms with E-state index in [4.69, 9.17) is 14.2 Å². The van der Waals surface area contributed by atoms with E-state index >= 15 is 0 Å². The Balaban J connectivity index is 4.69. The first-order valence-electron chi connectivity index (χ1n) is 26.9. The first kappa shape index (κ1) is 64.5. The maximum Gasteiger partial charge on any atom is 0.306 e. The van der Waals surface area contributed by atoms with Crippen LogP contribution in [0.1, 0.15) is 181 Å². The van der Waals surface area contributed by atoms with Crippen molar-refractivity contribution in [3.8, 4) is 0 Å². The fraction of sp³-hybridized carbons (Fsp3) is 0.484. The first-order valence-corrected chi connectivity index (χ1v) is 26.9. The molecule has 0 aliphatic carbocycles. The Labute approximate surface area is 427 Å². The summed E-state index contributed by atoms with van der Waals surface area (Å²) in [5.41, 5.74) is 0. The van der Waals surface area contributed by atoms with Gasteiger partial charge in [0.1, 0.15) is 13.2 Å². The molecule has 0 amide bonds. The predicted octanol–water partition coefficient (Wildman–Crippen LogP) is 18.1. The molecule has 1 atom stereocenters. The topological polar surface area (TPSA) is 78.9 Å². The van der Waals surface area contributed by atoms with E-state index in [0.29, 0.717) is 12.8 Å². The van der Waals surface area contributed by atoms with E-state index in [1.54, 1.807) is 0 Å². The molecule has 0 N–H and O–H groups in total. The highest BCUT2D eigenvalue weighted by Crippen LogP contribution is 2.10. The molecule has 0 spiro atoms. The molecular weight excluding hydrogens is 865 g/mol. The van der Waals surface area contributed by atoms with Crippen LogP contribution in [0.15, 0.2) is 182 Å². The summed E-state index contributed by atoms with van der Waals surface area (Å²) in [4.78, 5) is 38.1. The summed E-state index contributed by atoms with van der Waals surface area (Å²) in [6.45, 7) is 6.20. The van der Waals surface area contributed by atoms with E-state index in [1.807, 2.05) is 72.9 Å². The number of ether oxygens (including phenoxy) is 3. The molecular formula is C64H94O6. The van der Waals surface area contributed by atoms with Gasteiger partial charge in [0.2, 0.25) is 0 Å². The minimum Gasteiger partial charge on any atom is -0.462 e. The van der Waals surface area contributed by atoms with E-state index in [-0.39, 0.29) is 44.4 Å². The SMILES string of the molecule is CC\C=C/C=C\C=C/C=C\C=C\C=C/C=C\CCCCCC(=O)OCC(COC(=O)CCCCC/C=C\C/C=C\C/C=C\C/C=C\CC)OC(=O)CCC/C=C\C/C=C\C/C=C\C/C=C\CCCCC. The molecule has 0 saturated heterocycles. The number of carbonyl (C=O) groups excluding carboxylic acids is 3. The lowest BCUT2D eigenvalue weighted by Crippen LogP contribution is -2.30. The Morgan fingerprint density at radius 3 is 1.06 bits per heavy atom. The largest absolute Gasteiger partial charge is 0.462 e. The second-order valence-corrected chi connectivity index (χ2v) is 16.8. The summed E-state index contributed by atoms with van der Waals surface area (Å²) in [6.07, 6.45) is 84.4. The molecule has 6 heteroatoms. The number of hydrogen-bond donors (Lipinski definition) is 0. The Bertz CT molecular complexity index is 1720. The average molecular weight is 959 g/mol. The zero-order chi connectivity index (χ0) is 50.7. The third-order valence-corrected chi connectivity index (χ3v) is 10.3. The third-order valence-electron chi connectivity index (χ3n) is 10.3. The Kier molecular flexibility index (Phi) is 51.7. The monoisotopic (exact) mass is 959 g/mol. The van der Waals surface area contributed by atoms with Gasteiger partial charge in [-0.25, -0.2) is 0 Å². The highest BCUT2D eigenvalue weighted by Gasteiger charge is 2.19. The van der Waals surface area contributed by atoms with Crippen LogP contribution < -0.4 is 0 Å². The number of hydrogen-bond acceptors (Lipinski definition) is 6. The number of carbonyl (C=O) groups is 3. The van der Waals surface area contributed by atoms with E-state index in [0.717, 1.165) is 103 Å². The average Bonchev–Trinajstić information content (AvgIpc) is 3.36. The van der Waals surface area contributed by atoms with Crippen molar-refractivity contribution in [3.05, 3.63) is 182 Å². The lowest BCUT2D eigenvalue weighted by molar-refractivity contribution is -0.167. The van der Waals surface area contributed by atoms with Crippen molar-refractivity contribution in [2.75, 3.05) is 13.2 Å². The van der Waals surface area contributed by atoms with Crippen molar-refractivity contribution in [2.45, 2.75) is 187 Å². The molecule has 386 valence electrons. The summed E-state index contributed by atoms with van der Waals surface area (Å²) in [5, 5.41) is 0. The van der Waals surface area contributed by atoms with Crippen molar-refractivity contribution >= 4 is 17.9 Å². The van der Waals surface area contributed by atoms with E-state index < -0.39 is 12.1 Å². The summed E-state index contributed by atoms with van der Waals surface area (Å²) < 4.78 is 16.7. The van der Waals surface area contributed by atoms with Gasteiger partial charge in [-0.05, 0) is 116 Å². The van der Waals surface area contributed by atoms with Gasteiger partial charge in [-0.3, -0.25) is 14.4 Å². The van der Waals surface area contributed by atoms with Crippen LogP contribution in [0.2, 0.25) is 0 Å². The van der Waals surface area contributed by atoms with Crippen molar-refractivity contribution in [3.63, 3.8) is 0 Å². The maximum absolute atomic E-state index is 12.8. The normalized spacial score (nSPS) is 13.6. The van der Waals surface area contributed by atoms with Gasteiger partial charge in [-0.2, -0.15) is 0 Å². The molecule has 0 saturated carbocycles. The summed E-state index contributed by atoms with van der Waals surface area (Å²) in [5.74, 6) is -1.09. The molecule has 0 heterocycles. The van der Waals surface area contributed by atoms with E-state index in [2.05, 4.69) is 130 Å². The zero-order valence-corrected chi connectivity index (χ0v) is 43.9. The molecule has 0 aromatic rings. The molecule has 6 nitrogen and oxygen atoms in total. The van der Waals surface area contributed by atoms with Crippen LogP contribution in [-0.4, -0.2) is 37.2 Å². The Hall–Kier alpha value is -5.49. The smallest absolute Gasteiger partial charge is 0.306 e. The molecule has 0 aromatic heterocycles. The van der Waals surface area contributed by atoms with Crippen LogP contribution in [0.3, 0.4) is 0 Å². The van der Waals surface area contributed by atoms with Crippen LogP contribution in [0.25, 0.3) is 0 Å². The standard InChI is InChI=1S/C64H94O6/c1-4-7-10-13-16-19-22-25-28-31-32-34-36-39-42-45-48-51-54-57-63(66)69-60-61(59-68-62(65)56-53-50-47-44-41-38-35-30-27-24-21-18-15-12-9-6-3)70-64(67)58-55-52-49-46-43-40-37-33-29-26-23-20-17-14-11-8-5-2/h7,9-10,12-13,16-22,25-32,34,36-42,46,49,61H,4-6,8,11,14-15,23-24,33,35,43-45,47-48,50-60H2,1-3H3/b10-7-,12-9-,16-13-,20-17-,21-18-,22-19-,28-25-,29-26-,30-27-,32-31+,36-34-,40-37-,41-38-,42-39-,49-46-.